The molecule has 0 aliphatic heterocycles. The van der Waals surface area contributed by atoms with Crippen molar-refractivity contribution in [3.05, 3.63) is 65.4 Å². The van der Waals surface area contributed by atoms with Crippen LogP contribution in [0.1, 0.15) is 39.2 Å². The van der Waals surface area contributed by atoms with Crippen LogP contribution in [-0.4, -0.2) is 52.6 Å². The fourth-order valence-corrected chi connectivity index (χ4v) is 3.87. The molecule has 1 aromatic heterocycles. The molecule has 0 fully saturated rings. The molecule has 0 aliphatic carbocycles. The number of benzene rings is 2. The molecule has 2 aromatic carbocycles. The monoisotopic (exact) mass is 565 g/mol. The number of halogens is 4. The van der Waals surface area contributed by atoms with Gasteiger partial charge in [-0.05, 0) is 76.1 Å². The number of β-amino-alcohol motifs (C(OH)–C–C–N with tert-alkyl or cyclic N) is 1. The van der Waals surface area contributed by atoms with Crippen molar-refractivity contribution in [3.8, 4) is 5.75 Å². The number of nitrogens with one attached hydrogen (secondary N) is 2. The van der Waals surface area contributed by atoms with Crippen LogP contribution in [0.4, 0.5) is 36.2 Å². The van der Waals surface area contributed by atoms with Crippen molar-refractivity contribution in [2.75, 3.05) is 29.9 Å². The zero-order valence-electron chi connectivity index (χ0n) is 22.5. The topological polar surface area (TPSA) is 82.5 Å². The van der Waals surface area contributed by atoms with E-state index in [1.807, 2.05) is 39.8 Å². The highest BCUT2D eigenvalue weighted by Gasteiger charge is 2.27. The van der Waals surface area contributed by atoms with E-state index < -0.39 is 18.7 Å². The number of aliphatic hydroxyl groups is 1. The van der Waals surface area contributed by atoms with E-state index in [0.717, 1.165) is 11.3 Å². The summed E-state index contributed by atoms with van der Waals surface area (Å²) in [5.74, 6) is 1.48. The second-order valence-electron chi connectivity index (χ2n) is 10.3. The van der Waals surface area contributed by atoms with Crippen LogP contribution >= 0.6 is 11.6 Å². The Kier molecular flexibility index (Phi) is 10.4. The Morgan fingerprint density at radius 3 is 2.44 bits per heavy atom. The molecular formula is C28H35ClF3N5O2. The van der Waals surface area contributed by atoms with Crippen molar-refractivity contribution in [2.24, 2.45) is 0 Å². The smallest absolute Gasteiger partial charge is 0.389 e. The van der Waals surface area contributed by atoms with Gasteiger partial charge in [-0.2, -0.15) is 13.2 Å². The van der Waals surface area contributed by atoms with E-state index in [2.05, 4.69) is 20.6 Å². The van der Waals surface area contributed by atoms with Gasteiger partial charge < -0.3 is 25.4 Å². The van der Waals surface area contributed by atoms with Crippen molar-refractivity contribution in [1.29, 1.82) is 0 Å². The molecule has 212 valence electrons. The summed E-state index contributed by atoms with van der Waals surface area (Å²) >= 11 is 6.42. The number of rotatable bonds is 12. The van der Waals surface area contributed by atoms with Crippen molar-refractivity contribution >= 4 is 34.6 Å². The van der Waals surface area contributed by atoms with Crippen LogP contribution in [0.2, 0.25) is 5.02 Å². The van der Waals surface area contributed by atoms with Gasteiger partial charge in [0.15, 0.2) is 0 Å². The Morgan fingerprint density at radius 2 is 1.77 bits per heavy atom. The van der Waals surface area contributed by atoms with Gasteiger partial charge in [-0.15, -0.1) is 0 Å². The van der Waals surface area contributed by atoms with Crippen molar-refractivity contribution in [1.82, 2.24) is 15.3 Å². The minimum absolute atomic E-state index is 0.0717. The maximum atomic E-state index is 12.8. The molecule has 11 heteroatoms. The average molecular weight is 566 g/mol. The Balaban J connectivity index is 1.69. The molecule has 3 N–H and O–H groups in total. The Bertz CT molecular complexity index is 1200. The van der Waals surface area contributed by atoms with Gasteiger partial charge in [0.05, 0.1) is 10.7 Å². The van der Waals surface area contributed by atoms with Gasteiger partial charge in [-0.25, -0.2) is 9.97 Å². The number of alkyl halides is 3. The minimum atomic E-state index is -4.25. The molecule has 7 nitrogen and oxygen atoms in total. The van der Waals surface area contributed by atoms with E-state index in [-0.39, 0.29) is 25.1 Å². The highest BCUT2D eigenvalue weighted by Crippen LogP contribution is 2.34. The Morgan fingerprint density at radius 1 is 1.05 bits per heavy atom. The largest absolute Gasteiger partial charge is 0.491 e. The molecule has 0 radical (unpaired) electrons. The fraction of sp³-hybridized carbons (Fsp3) is 0.429. The SMILES string of the molecule is Cc1ccc(Cl)c(N(CCCC(F)(F)F)c2cc(Nc3ccc(OCC(O)CNC(C)(C)C)cc3)ncn2)c1. The zero-order valence-corrected chi connectivity index (χ0v) is 23.3. The van der Waals surface area contributed by atoms with Gasteiger partial charge in [-0.1, -0.05) is 17.7 Å². The summed E-state index contributed by atoms with van der Waals surface area (Å²) < 4.78 is 44.2. The quantitative estimate of drug-likeness (QED) is 0.223. The van der Waals surface area contributed by atoms with E-state index in [1.165, 1.54) is 6.33 Å². The maximum Gasteiger partial charge on any atom is 0.389 e. The summed E-state index contributed by atoms with van der Waals surface area (Å²) in [6.45, 7) is 8.60. The summed E-state index contributed by atoms with van der Waals surface area (Å²) in [5.41, 5.74) is 2.12. The van der Waals surface area contributed by atoms with E-state index in [4.69, 9.17) is 16.3 Å². The first-order chi connectivity index (χ1) is 18.3. The van der Waals surface area contributed by atoms with Crippen molar-refractivity contribution < 1.29 is 23.0 Å². The van der Waals surface area contributed by atoms with Crippen LogP contribution in [0.5, 0.6) is 5.75 Å². The third kappa shape index (κ3) is 10.5. The predicted octanol–water partition coefficient (Wildman–Crippen LogP) is 6.79. The Hall–Kier alpha value is -3.08. The Labute approximate surface area is 232 Å². The number of nitrogens with zero attached hydrogens (tertiary/aromatic N) is 3. The lowest BCUT2D eigenvalue weighted by Gasteiger charge is -2.26. The number of ether oxygens (including phenoxy) is 1. The van der Waals surface area contributed by atoms with Crippen LogP contribution in [-0.2, 0) is 0 Å². The van der Waals surface area contributed by atoms with E-state index in [9.17, 15) is 18.3 Å². The summed E-state index contributed by atoms with van der Waals surface area (Å²) in [6, 6.07) is 14.2. The average Bonchev–Trinajstić information content (AvgIpc) is 2.86. The van der Waals surface area contributed by atoms with Crippen LogP contribution in [0.15, 0.2) is 54.9 Å². The number of hydrogen-bond acceptors (Lipinski definition) is 7. The minimum Gasteiger partial charge on any atom is -0.491 e. The first kappa shape index (κ1) is 30.5. The highest BCUT2D eigenvalue weighted by atomic mass is 35.5. The van der Waals surface area contributed by atoms with Gasteiger partial charge in [0.1, 0.15) is 36.4 Å². The summed E-state index contributed by atoms with van der Waals surface area (Å²) in [7, 11) is 0. The lowest BCUT2D eigenvalue weighted by molar-refractivity contribution is -0.134. The summed E-state index contributed by atoms with van der Waals surface area (Å²) in [6.07, 6.45) is -4.59. The number of aliphatic hydroxyl groups excluding tert-OH is 1. The third-order valence-electron chi connectivity index (χ3n) is 5.60. The molecule has 1 heterocycles. The van der Waals surface area contributed by atoms with Crippen LogP contribution in [0.3, 0.4) is 0 Å². The molecule has 3 aromatic rings. The molecule has 0 saturated heterocycles. The molecule has 1 atom stereocenters. The summed E-state index contributed by atoms with van der Waals surface area (Å²) in [4.78, 5) is 10.2. The zero-order chi connectivity index (χ0) is 28.6. The van der Waals surface area contributed by atoms with Gasteiger partial charge in [-0.3, -0.25) is 0 Å². The maximum absolute atomic E-state index is 12.8. The number of hydrogen-bond donors (Lipinski definition) is 3. The molecule has 0 bridgehead atoms. The van der Waals surface area contributed by atoms with E-state index in [1.54, 1.807) is 41.3 Å². The molecule has 0 spiro atoms. The van der Waals surface area contributed by atoms with Crippen LogP contribution in [0, 0.1) is 6.92 Å². The normalized spacial score (nSPS) is 12.7. The molecule has 0 amide bonds. The lowest BCUT2D eigenvalue weighted by Crippen LogP contribution is -2.42. The first-order valence-corrected chi connectivity index (χ1v) is 13.0. The van der Waals surface area contributed by atoms with Gasteiger partial charge in [0, 0.05) is 36.8 Å². The number of aryl methyl sites for hydroxylation is 1. The summed E-state index contributed by atoms with van der Waals surface area (Å²) in [5, 5.41) is 16.9. The molecule has 0 aliphatic rings. The lowest BCUT2D eigenvalue weighted by atomic mass is 10.1. The molecular weight excluding hydrogens is 531 g/mol. The molecule has 0 saturated carbocycles. The number of aromatic nitrogens is 2. The van der Waals surface area contributed by atoms with Crippen molar-refractivity contribution in [3.63, 3.8) is 0 Å². The second kappa shape index (κ2) is 13.3. The van der Waals surface area contributed by atoms with E-state index in [0.29, 0.717) is 34.6 Å². The second-order valence-corrected chi connectivity index (χ2v) is 10.7. The van der Waals surface area contributed by atoms with Crippen molar-refractivity contribution in [2.45, 2.75) is 58.4 Å². The third-order valence-corrected chi connectivity index (χ3v) is 5.92. The molecule has 3 rings (SSSR count). The van der Waals surface area contributed by atoms with Crippen LogP contribution < -0.4 is 20.3 Å². The van der Waals surface area contributed by atoms with Gasteiger partial charge in [0.2, 0.25) is 0 Å². The van der Waals surface area contributed by atoms with E-state index >= 15 is 0 Å². The predicted molar refractivity (Wildman–Crippen MR) is 149 cm³/mol. The fourth-order valence-electron chi connectivity index (χ4n) is 3.65. The highest BCUT2D eigenvalue weighted by molar-refractivity contribution is 6.33. The van der Waals surface area contributed by atoms with Gasteiger partial charge >= 0.3 is 6.18 Å². The first-order valence-electron chi connectivity index (χ1n) is 12.6. The number of anilines is 4. The molecule has 39 heavy (non-hydrogen) atoms. The standard InChI is InChI=1S/C28H35ClF3N5O2/c1-19-6-11-23(29)24(14-19)37(13-5-12-28(30,31)32)26-15-25(33-18-34-26)36-20-7-9-22(10-8-20)39-17-21(38)16-35-27(2,3)4/h6-11,14-15,18,21,35,38H,5,12-13,16-17H2,1-4H3,(H,33,34,36). The molecule has 1 unspecified atom stereocenters. The van der Waals surface area contributed by atoms with Gasteiger partial charge in [0.25, 0.3) is 0 Å². The van der Waals surface area contributed by atoms with Crippen LogP contribution in [0.25, 0.3) is 0 Å².